The first-order valence-electron chi connectivity index (χ1n) is 13.0. The SMILES string of the molecule is O=C(NC(Cc1ccc(Cl)c(F)c1)C1CCCCN1)N1CCc2cnc(NC3CCOCC3)nc2C1. The minimum atomic E-state index is -0.437. The largest absolute Gasteiger partial charge is 0.381 e. The molecule has 2 fully saturated rings. The second kappa shape index (κ2) is 11.7. The Bertz CT molecular complexity index is 1060. The van der Waals surface area contributed by atoms with E-state index in [2.05, 4.69) is 20.9 Å². The van der Waals surface area contributed by atoms with Gasteiger partial charge in [-0.15, -0.1) is 0 Å². The molecule has 4 heterocycles. The number of anilines is 1. The molecule has 0 spiro atoms. The highest BCUT2D eigenvalue weighted by molar-refractivity contribution is 6.30. The van der Waals surface area contributed by atoms with Gasteiger partial charge in [0, 0.05) is 44.1 Å². The molecule has 3 aliphatic rings. The van der Waals surface area contributed by atoms with Crippen molar-refractivity contribution in [2.24, 2.45) is 0 Å². The van der Waals surface area contributed by atoms with E-state index in [1.165, 1.54) is 6.07 Å². The Morgan fingerprint density at radius 1 is 1.28 bits per heavy atom. The van der Waals surface area contributed by atoms with E-state index in [-0.39, 0.29) is 23.1 Å². The van der Waals surface area contributed by atoms with Crippen LogP contribution >= 0.6 is 11.6 Å². The van der Waals surface area contributed by atoms with Gasteiger partial charge in [0.1, 0.15) is 5.82 Å². The molecule has 2 unspecified atom stereocenters. The van der Waals surface area contributed by atoms with E-state index in [1.807, 2.05) is 17.2 Å². The highest BCUT2D eigenvalue weighted by Crippen LogP contribution is 2.22. The Kier molecular flexibility index (Phi) is 8.19. The zero-order valence-electron chi connectivity index (χ0n) is 20.4. The van der Waals surface area contributed by atoms with Crippen LogP contribution in [-0.4, -0.2) is 65.3 Å². The minimum absolute atomic E-state index is 0.106. The van der Waals surface area contributed by atoms with Crippen LogP contribution in [0.4, 0.5) is 15.1 Å². The topological polar surface area (TPSA) is 91.4 Å². The second-order valence-electron chi connectivity index (χ2n) is 9.93. The summed E-state index contributed by atoms with van der Waals surface area (Å²) in [6.45, 7) is 3.46. The Morgan fingerprint density at radius 3 is 2.92 bits per heavy atom. The molecule has 2 amide bonds. The molecular formula is C26H34ClFN6O2. The molecule has 0 aliphatic carbocycles. The zero-order valence-corrected chi connectivity index (χ0v) is 21.2. The van der Waals surface area contributed by atoms with Gasteiger partial charge in [-0.05, 0) is 68.3 Å². The van der Waals surface area contributed by atoms with Gasteiger partial charge in [0.05, 0.1) is 17.3 Å². The number of amides is 2. The molecule has 1 aromatic carbocycles. The minimum Gasteiger partial charge on any atom is -0.381 e. The lowest BCUT2D eigenvalue weighted by atomic mass is 9.93. The highest BCUT2D eigenvalue weighted by Gasteiger charge is 2.29. The Balaban J connectivity index is 1.25. The summed E-state index contributed by atoms with van der Waals surface area (Å²) in [4.78, 5) is 24.4. The normalized spacial score (nSPS) is 21.5. The summed E-state index contributed by atoms with van der Waals surface area (Å²) in [5.41, 5.74) is 2.78. The summed E-state index contributed by atoms with van der Waals surface area (Å²) in [6.07, 6.45) is 8.20. The average molecular weight is 517 g/mol. The number of hydrogen-bond acceptors (Lipinski definition) is 6. The van der Waals surface area contributed by atoms with Crippen molar-refractivity contribution in [1.29, 1.82) is 0 Å². The number of carbonyl (C=O) groups excluding carboxylic acids is 1. The van der Waals surface area contributed by atoms with Crippen LogP contribution in [-0.2, 0) is 24.1 Å². The summed E-state index contributed by atoms with van der Waals surface area (Å²) < 4.78 is 19.5. The van der Waals surface area contributed by atoms with Crippen LogP contribution in [0.15, 0.2) is 24.4 Å². The summed E-state index contributed by atoms with van der Waals surface area (Å²) in [5, 5.41) is 10.3. The summed E-state index contributed by atoms with van der Waals surface area (Å²) >= 11 is 5.87. The van der Waals surface area contributed by atoms with Crippen LogP contribution in [0.25, 0.3) is 0 Å². The maximum atomic E-state index is 14.1. The van der Waals surface area contributed by atoms with E-state index < -0.39 is 5.82 Å². The molecule has 194 valence electrons. The van der Waals surface area contributed by atoms with Crippen LogP contribution in [0.5, 0.6) is 0 Å². The van der Waals surface area contributed by atoms with Crippen molar-refractivity contribution >= 4 is 23.6 Å². The van der Waals surface area contributed by atoms with Crippen molar-refractivity contribution in [1.82, 2.24) is 25.5 Å². The van der Waals surface area contributed by atoms with Crippen molar-refractivity contribution in [3.05, 3.63) is 52.1 Å². The Labute approximate surface area is 216 Å². The lowest BCUT2D eigenvalue weighted by molar-refractivity contribution is 0.0903. The van der Waals surface area contributed by atoms with E-state index in [0.717, 1.165) is 75.1 Å². The number of fused-ring (bicyclic) bond motifs is 1. The van der Waals surface area contributed by atoms with E-state index in [4.69, 9.17) is 21.3 Å². The second-order valence-corrected chi connectivity index (χ2v) is 10.3. The van der Waals surface area contributed by atoms with Gasteiger partial charge in [0.2, 0.25) is 5.95 Å². The predicted octanol–water partition coefficient (Wildman–Crippen LogP) is 3.68. The number of nitrogens with one attached hydrogen (secondary N) is 3. The first kappa shape index (κ1) is 25.2. The molecule has 8 nitrogen and oxygen atoms in total. The monoisotopic (exact) mass is 516 g/mol. The number of rotatable bonds is 6. The van der Waals surface area contributed by atoms with Crippen molar-refractivity contribution < 1.29 is 13.9 Å². The zero-order chi connectivity index (χ0) is 24.9. The third-order valence-corrected chi connectivity index (χ3v) is 7.68. The van der Waals surface area contributed by atoms with Gasteiger partial charge < -0.3 is 25.6 Å². The molecule has 36 heavy (non-hydrogen) atoms. The predicted molar refractivity (Wildman–Crippen MR) is 137 cm³/mol. The van der Waals surface area contributed by atoms with Gasteiger partial charge in [0.15, 0.2) is 0 Å². The highest BCUT2D eigenvalue weighted by atomic mass is 35.5. The molecule has 5 rings (SSSR count). The van der Waals surface area contributed by atoms with Crippen LogP contribution in [0.1, 0.15) is 48.9 Å². The number of nitrogens with zero attached hydrogens (tertiary/aromatic N) is 3. The number of ether oxygens (including phenoxy) is 1. The standard InChI is InChI=1S/C26H34ClFN6O2/c27-20-5-4-17(13-21(20)28)14-23(22-3-1-2-9-29-22)33-26(35)34-10-6-18-15-30-25(32-24(18)16-34)31-19-7-11-36-12-8-19/h4-5,13,15,19,22-23,29H,1-3,6-12,14,16H2,(H,33,35)(H,30,31,32). The quantitative estimate of drug-likeness (QED) is 0.542. The van der Waals surface area contributed by atoms with E-state index >= 15 is 0 Å². The third-order valence-electron chi connectivity index (χ3n) is 7.37. The molecule has 3 aliphatic heterocycles. The van der Waals surface area contributed by atoms with Gasteiger partial charge in [-0.25, -0.2) is 19.2 Å². The summed E-state index contributed by atoms with van der Waals surface area (Å²) in [7, 11) is 0. The fourth-order valence-corrected chi connectivity index (χ4v) is 5.37. The number of halogens is 2. The van der Waals surface area contributed by atoms with Gasteiger partial charge in [-0.3, -0.25) is 0 Å². The van der Waals surface area contributed by atoms with Gasteiger partial charge in [0.25, 0.3) is 0 Å². The van der Waals surface area contributed by atoms with Crippen molar-refractivity contribution in [2.45, 2.75) is 69.6 Å². The van der Waals surface area contributed by atoms with Gasteiger partial charge in [-0.2, -0.15) is 0 Å². The molecule has 2 aromatic rings. The van der Waals surface area contributed by atoms with Crippen molar-refractivity contribution in [2.75, 3.05) is 31.6 Å². The number of piperidine rings is 1. The number of urea groups is 1. The van der Waals surface area contributed by atoms with Crippen LogP contribution in [0.2, 0.25) is 5.02 Å². The fraction of sp³-hybridized carbons (Fsp3) is 0.577. The van der Waals surface area contributed by atoms with Crippen LogP contribution in [0.3, 0.4) is 0 Å². The molecule has 0 radical (unpaired) electrons. The molecule has 0 bridgehead atoms. The molecule has 10 heteroatoms. The smallest absolute Gasteiger partial charge is 0.318 e. The molecule has 0 saturated carbocycles. The Morgan fingerprint density at radius 2 is 2.14 bits per heavy atom. The third kappa shape index (κ3) is 6.25. The average Bonchev–Trinajstić information content (AvgIpc) is 2.91. The number of carbonyl (C=O) groups is 1. The van der Waals surface area contributed by atoms with Crippen LogP contribution < -0.4 is 16.0 Å². The number of aromatic nitrogens is 2. The maximum absolute atomic E-state index is 14.1. The molecule has 3 N–H and O–H groups in total. The first-order chi connectivity index (χ1) is 17.5. The lowest BCUT2D eigenvalue weighted by Crippen LogP contribution is -2.56. The van der Waals surface area contributed by atoms with Crippen molar-refractivity contribution in [3.8, 4) is 0 Å². The van der Waals surface area contributed by atoms with E-state index in [9.17, 15) is 9.18 Å². The summed E-state index contributed by atoms with van der Waals surface area (Å²) in [6, 6.07) is 5.03. The maximum Gasteiger partial charge on any atom is 0.318 e. The van der Waals surface area contributed by atoms with E-state index in [0.29, 0.717) is 31.5 Å². The molecule has 2 saturated heterocycles. The Hall–Kier alpha value is -2.49. The van der Waals surface area contributed by atoms with Crippen molar-refractivity contribution in [3.63, 3.8) is 0 Å². The van der Waals surface area contributed by atoms with Crippen LogP contribution in [0, 0.1) is 5.82 Å². The molecular weight excluding hydrogens is 483 g/mol. The number of hydrogen-bond donors (Lipinski definition) is 3. The summed E-state index contributed by atoms with van der Waals surface area (Å²) in [5.74, 6) is 0.172. The van der Waals surface area contributed by atoms with Gasteiger partial charge >= 0.3 is 6.03 Å². The fourth-order valence-electron chi connectivity index (χ4n) is 5.26. The van der Waals surface area contributed by atoms with E-state index in [1.54, 1.807) is 6.07 Å². The lowest BCUT2D eigenvalue weighted by Gasteiger charge is -2.35. The first-order valence-corrected chi connectivity index (χ1v) is 13.3. The molecule has 2 atom stereocenters. The number of benzene rings is 1. The van der Waals surface area contributed by atoms with Gasteiger partial charge in [-0.1, -0.05) is 24.1 Å². The molecule has 1 aromatic heterocycles.